The topological polar surface area (TPSA) is 41.7 Å². The van der Waals surface area contributed by atoms with Crippen LogP contribution in [0.25, 0.3) is 11.5 Å². The summed E-state index contributed by atoms with van der Waals surface area (Å²) < 4.78 is 11.8. The molecule has 2 fully saturated rings. The molecule has 4 rings (SSSR count). The molecular weight excluding hydrogens is 314 g/mol. The fourth-order valence-corrected chi connectivity index (χ4v) is 3.69. The van der Waals surface area contributed by atoms with Gasteiger partial charge >= 0.3 is 0 Å². The second kappa shape index (κ2) is 7.68. The minimum Gasteiger partial charge on any atom is -0.440 e. The zero-order valence-corrected chi connectivity index (χ0v) is 15.0. The number of rotatable bonds is 5. The molecule has 2 aliphatic heterocycles. The van der Waals surface area contributed by atoms with Crippen LogP contribution in [0.1, 0.15) is 24.3 Å². The number of aryl methyl sites for hydroxylation is 1. The molecule has 2 aromatic rings. The molecule has 2 aliphatic rings. The highest BCUT2D eigenvalue weighted by Gasteiger charge is 2.24. The second-order valence-electron chi connectivity index (χ2n) is 7.11. The SMILES string of the molecule is Cc1nc(-c2ccccc2)oc1CN1CCN(CC2CCCO2)CC1. The zero-order valence-electron chi connectivity index (χ0n) is 15.0. The third-order valence-electron chi connectivity index (χ3n) is 5.23. The van der Waals surface area contributed by atoms with E-state index in [4.69, 9.17) is 9.15 Å². The molecule has 1 aromatic carbocycles. The highest BCUT2D eigenvalue weighted by molar-refractivity contribution is 5.53. The lowest BCUT2D eigenvalue weighted by Gasteiger charge is -2.35. The first kappa shape index (κ1) is 16.8. The van der Waals surface area contributed by atoms with Crippen LogP contribution < -0.4 is 0 Å². The Balaban J connectivity index is 1.32. The fraction of sp³-hybridized carbons (Fsp3) is 0.550. The Labute approximate surface area is 149 Å². The molecule has 0 spiro atoms. The summed E-state index contributed by atoms with van der Waals surface area (Å²) in [6.07, 6.45) is 2.90. The van der Waals surface area contributed by atoms with Crippen LogP contribution in [-0.4, -0.2) is 60.2 Å². The largest absolute Gasteiger partial charge is 0.440 e. The van der Waals surface area contributed by atoms with Crippen LogP contribution in [0.4, 0.5) is 0 Å². The Morgan fingerprint density at radius 2 is 1.84 bits per heavy atom. The Morgan fingerprint density at radius 1 is 1.08 bits per heavy atom. The van der Waals surface area contributed by atoms with Crippen LogP contribution in [0.5, 0.6) is 0 Å². The number of oxazole rings is 1. The number of hydrogen-bond acceptors (Lipinski definition) is 5. The molecular formula is C20H27N3O2. The van der Waals surface area contributed by atoms with Crippen molar-refractivity contribution in [1.82, 2.24) is 14.8 Å². The molecule has 134 valence electrons. The van der Waals surface area contributed by atoms with Gasteiger partial charge in [-0.25, -0.2) is 4.98 Å². The summed E-state index contributed by atoms with van der Waals surface area (Å²) in [5.74, 6) is 1.72. The molecule has 5 heteroatoms. The molecule has 1 aromatic heterocycles. The molecule has 1 unspecified atom stereocenters. The summed E-state index contributed by atoms with van der Waals surface area (Å²) >= 11 is 0. The van der Waals surface area contributed by atoms with Gasteiger partial charge < -0.3 is 9.15 Å². The first-order chi connectivity index (χ1) is 12.3. The zero-order chi connectivity index (χ0) is 17.1. The van der Waals surface area contributed by atoms with Crippen molar-refractivity contribution in [3.05, 3.63) is 41.8 Å². The average Bonchev–Trinajstić information content (AvgIpc) is 3.28. The van der Waals surface area contributed by atoms with Gasteiger partial charge in [0, 0.05) is 44.9 Å². The van der Waals surface area contributed by atoms with E-state index >= 15 is 0 Å². The maximum atomic E-state index is 6.05. The average molecular weight is 341 g/mol. The van der Waals surface area contributed by atoms with E-state index in [1.807, 2.05) is 37.3 Å². The molecule has 3 heterocycles. The van der Waals surface area contributed by atoms with Gasteiger partial charge in [-0.05, 0) is 31.9 Å². The van der Waals surface area contributed by atoms with Gasteiger partial charge in [0.05, 0.1) is 18.3 Å². The summed E-state index contributed by atoms with van der Waals surface area (Å²) in [7, 11) is 0. The second-order valence-corrected chi connectivity index (χ2v) is 7.11. The van der Waals surface area contributed by atoms with E-state index in [2.05, 4.69) is 14.8 Å². The van der Waals surface area contributed by atoms with Crippen LogP contribution in [0.2, 0.25) is 0 Å². The van der Waals surface area contributed by atoms with Crippen molar-refractivity contribution in [2.45, 2.75) is 32.4 Å². The molecule has 2 saturated heterocycles. The smallest absolute Gasteiger partial charge is 0.226 e. The van der Waals surface area contributed by atoms with Gasteiger partial charge in [-0.3, -0.25) is 9.80 Å². The molecule has 5 nitrogen and oxygen atoms in total. The van der Waals surface area contributed by atoms with E-state index in [0.29, 0.717) is 6.10 Å². The summed E-state index contributed by atoms with van der Waals surface area (Å²) in [5.41, 5.74) is 2.04. The number of benzene rings is 1. The Hall–Kier alpha value is -1.69. The maximum absolute atomic E-state index is 6.05. The van der Waals surface area contributed by atoms with Gasteiger partial charge in [0.25, 0.3) is 0 Å². The van der Waals surface area contributed by atoms with Crippen LogP contribution in [0, 0.1) is 6.92 Å². The predicted octanol–water partition coefficient (Wildman–Crippen LogP) is 2.95. The summed E-state index contributed by atoms with van der Waals surface area (Å²) in [6, 6.07) is 10.1. The minimum absolute atomic E-state index is 0.455. The van der Waals surface area contributed by atoms with Crippen molar-refractivity contribution in [3.8, 4) is 11.5 Å². The van der Waals surface area contributed by atoms with Gasteiger partial charge in [0.1, 0.15) is 5.76 Å². The van der Waals surface area contributed by atoms with E-state index in [-0.39, 0.29) is 0 Å². The third kappa shape index (κ3) is 4.11. The van der Waals surface area contributed by atoms with E-state index in [9.17, 15) is 0 Å². The van der Waals surface area contributed by atoms with Gasteiger partial charge in [-0.15, -0.1) is 0 Å². The molecule has 0 amide bonds. The predicted molar refractivity (Wildman–Crippen MR) is 97.4 cm³/mol. The Morgan fingerprint density at radius 3 is 2.56 bits per heavy atom. The van der Waals surface area contributed by atoms with Crippen molar-refractivity contribution < 1.29 is 9.15 Å². The van der Waals surface area contributed by atoms with Crippen molar-refractivity contribution in [2.24, 2.45) is 0 Å². The van der Waals surface area contributed by atoms with Gasteiger partial charge in [-0.2, -0.15) is 0 Å². The summed E-state index contributed by atoms with van der Waals surface area (Å²) in [6.45, 7) is 9.29. The van der Waals surface area contributed by atoms with Gasteiger partial charge in [0.2, 0.25) is 5.89 Å². The molecule has 25 heavy (non-hydrogen) atoms. The molecule has 0 bridgehead atoms. The number of ether oxygens (including phenoxy) is 1. The summed E-state index contributed by atoms with van der Waals surface area (Å²) in [4.78, 5) is 9.61. The van der Waals surface area contributed by atoms with Crippen molar-refractivity contribution in [2.75, 3.05) is 39.3 Å². The number of aromatic nitrogens is 1. The molecule has 0 N–H and O–H groups in total. The first-order valence-electron chi connectivity index (χ1n) is 9.36. The van der Waals surface area contributed by atoms with Crippen LogP contribution in [-0.2, 0) is 11.3 Å². The Bertz CT molecular complexity index is 672. The normalized spacial score (nSPS) is 22.5. The van der Waals surface area contributed by atoms with Crippen molar-refractivity contribution in [1.29, 1.82) is 0 Å². The standard InChI is InChI=1S/C20H27N3O2/c1-16-19(25-20(21-16)17-6-3-2-4-7-17)15-23-11-9-22(10-12-23)14-18-8-5-13-24-18/h2-4,6-7,18H,5,8-15H2,1H3. The van der Waals surface area contributed by atoms with Gasteiger partial charge in [0.15, 0.2) is 0 Å². The lowest BCUT2D eigenvalue weighted by molar-refractivity contribution is 0.0476. The number of hydrogen-bond donors (Lipinski definition) is 0. The van der Waals surface area contributed by atoms with E-state index in [1.54, 1.807) is 0 Å². The van der Waals surface area contributed by atoms with E-state index in [1.165, 1.54) is 12.8 Å². The molecule has 0 aliphatic carbocycles. The van der Waals surface area contributed by atoms with Crippen LogP contribution in [0.3, 0.4) is 0 Å². The highest BCUT2D eigenvalue weighted by Crippen LogP contribution is 2.23. The monoisotopic (exact) mass is 341 g/mol. The lowest BCUT2D eigenvalue weighted by Crippen LogP contribution is -2.48. The fourth-order valence-electron chi connectivity index (χ4n) is 3.69. The van der Waals surface area contributed by atoms with E-state index < -0.39 is 0 Å². The molecule has 0 saturated carbocycles. The minimum atomic E-state index is 0.455. The lowest BCUT2D eigenvalue weighted by atomic mass is 10.2. The Kier molecular flexibility index (Phi) is 5.15. The molecule has 0 radical (unpaired) electrons. The quantitative estimate of drug-likeness (QED) is 0.836. The summed E-state index contributed by atoms with van der Waals surface area (Å²) in [5, 5.41) is 0. The van der Waals surface area contributed by atoms with Crippen molar-refractivity contribution in [3.63, 3.8) is 0 Å². The van der Waals surface area contributed by atoms with E-state index in [0.717, 1.165) is 68.8 Å². The van der Waals surface area contributed by atoms with Crippen LogP contribution in [0.15, 0.2) is 34.7 Å². The number of piperazine rings is 1. The van der Waals surface area contributed by atoms with Crippen LogP contribution >= 0.6 is 0 Å². The third-order valence-corrected chi connectivity index (χ3v) is 5.23. The first-order valence-corrected chi connectivity index (χ1v) is 9.36. The maximum Gasteiger partial charge on any atom is 0.226 e. The van der Waals surface area contributed by atoms with Gasteiger partial charge in [-0.1, -0.05) is 18.2 Å². The van der Waals surface area contributed by atoms with Crippen molar-refractivity contribution >= 4 is 0 Å². The molecule has 1 atom stereocenters. The highest BCUT2D eigenvalue weighted by atomic mass is 16.5. The number of nitrogens with zero attached hydrogens (tertiary/aromatic N) is 3.